The SMILES string of the molecule is O=C(O)C1=C(COc2ccccc2)S[C@@H]2CC(=O)N12. The Morgan fingerprint density at radius 2 is 2.16 bits per heavy atom. The third-order valence-electron chi connectivity index (χ3n) is 3.00. The number of para-hydroxylation sites is 1. The predicted molar refractivity (Wildman–Crippen MR) is 69.4 cm³/mol. The maximum atomic E-state index is 11.4. The van der Waals surface area contributed by atoms with E-state index in [4.69, 9.17) is 4.74 Å². The van der Waals surface area contributed by atoms with Crippen LogP contribution < -0.4 is 4.74 Å². The Labute approximate surface area is 113 Å². The molecule has 2 aliphatic rings. The number of benzene rings is 1. The summed E-state index contributed by atoms with van der Waals surface area (Å²) in [7, 11) is 0. The summed E-state index contributed by atoms with van der Waals surface area (Å²) >= 11 is 1.40. The lowest BCUT2D eigenvalue weighted by molar-refractivity contribution is -0.145. The summed E-state index contributed by atoms with van der Waals surface area (Å²) in [6.45, 7) is 0.177. The van der Waals surface area contributed by atoms with Crippen LogP contribution in [0.15, 0.2) is 40.9 Å². The quantitative estimate of drug-likeness (QED) is 0.848. The van der Waals surface area contributed by atoms with Gasteiger partial charge in [0.2, 0.25) is 5.91 Å². The average Bonchev–Trinajstić information content (AvgIpc) is 2.70. The molecule has 5 nitrogen and oxygen atoms in total. The van der Waals surface area contributed by atoms with Crippen molar-refractivity contribution in [2.45, 2.75) is 11.8 Å². The molecule has 6 heteroatoms. The van der Waals surface area contributed by atoms with E-state index >= 15 is 0 Å². The van der Waals surface area contributed by atoms with Crippen LogP contribution in [0.5, 0.6) is 5.75 Å². The Balaban J connectivity index is 1.77. The summed E-state index contributed by atoms with van der Waals surface area (Å²) < 4.78 is 5.55. The monoisotopic (exact) mass is 277 g/mol. The summed E-state index contributed by atoms with van der Waals surface area (Å²) in [4.78, 5) is 24.6. The molecule has 0 radical (unpaired) electrons. The Hall–Kier alpha value is -1.95. The van der Waals surface area contributed by atoms with Crippen molar-refractivity contribution < 1.29 is 19.4 Å². The first-order valence-corrected chi connectivity index (χ1v) is 6.68. The molecule has 1 amide bonds. The number of β-lactam (4-membered cyclic amide) rings is 1. The van der Waals surface area contributed by atoms with Crippen molar-refractivity contribution in [1.82, 2.24) is 4.90 Å². The average molecular weight is 277 g/mol. The van der Waals surface area contributed by atoms with Crippen LogP contribution in [-0.4, -0.2) is 33.9 Å². The normalized spacial score (nSPS) is 21.2. The van der Waals surface area contributed by atoms with E-state index in [1.54, 1.807) is 12.1 Å². The number of carboxylic acids is 1. The molecule has 19 heavy (non-hydrogen) atoms. The van der Waals surface area contributed by atoms with Crippen LogP contribution >= 0.6 is 11.8 Å². The highest BCUT2D eigenvalue weighted by atomic mass is 32.2. The molecule has 0 aromatic heterocycles. The lowest BCUT2D eigenvalue weighted by Crippen LogP contribution is -2.48. The number of fused-ring (bicyclic) bond motifs is 1. The van der Waals surface area contributed by atoms with Crippen LogP contribution in [0.4, 0.5) is 0 Å². The first-order valence-electron chi connectivity index (χ1n) is 5.80. The highest BCUT2D eigenvalue weighted by molar-refractivity contribution is 8.04. The van der Waals surface area contributed by atoms with E-state index in [1.807, 2.05) is 18.2 Å². The molecule has 1 fully saturated rings. The van der Waals surface area contributed by atoms with Crippen LogP contribution in [0.1, 0.15) is 6.42 Å². The van der Waals surface area contributed by atoms with Crippen LogP contribution in [0.25, 0.3) is 0 Å². The molecule has 1 N–H and O–H groups in total. The van der Waals surface area contributed by atoms with E-state index in [0.29, 0.717) is 17.1 Å². The number of nitrogens with zero attached hydrogens (tertiary/aromatic N) is 1. The zero-order valence-corrected chi connectivity index (χ0v) is 10.7. The molecule has 2 heterocycles. The minimum absolute atomic E-state index is 0.0621. The van der Waals surface area contributed by atoms with Gasteiger partial charge in [-0.05, 0) is 12.1 Å². The molecule has 0 aliphatic carbocycles. The summed E-state index contributed by atoms with van der Waals surface area (Å²) in [6, 6.07) is 9.19. The lowest BCUT2D eigenvalue weighted by Gasteiger charge is -2.33. The van der Waals surface area contributed by atoms with Gasteiger partial charge in [-0.1, -0.05) is 30.0 Å². The second kappa shape index (κ2) is 4.62. The van der Waals surface area contributed by atoms with Gasteiger partial charge in [0.05, 0.1) is 16.7 Å². The number of thioether (sulfide) groups is 1. The molecule has 0 unspecified atom stereocenters. The molecule has 1 aromatic carbocycles. The van der Waals surface area contributed by atoms with Crippen LogP contribution in [0, 0.1) is 0 Å². The summed E-state index contributed by atoms with van der Waals surface area (Å²) in [5.74, 6) is -0.528. The van der Waals surface area contributed by atoms with Gasteiger partial charge in [-0.15, -0.1) is 0 Å². The van der Waals surface area contributed by atoms with Gasteiger partial charge < -0.3 is 9.84 Å². The van der Waals surface area contributed by atoms with Gasteiger partial charge in [-0.3, -0.25) is 9.69 Å². The maximum Gasteiger partial charge on any atom is 0.353 e. The van der Waals surface area contributed by atoms with E-state index < -0.39 is 5.97 Å². The van der Waals surface area contributed by atoms with Gasteiger partial charge >= 0.3 is 5.97 Å². The van der Waals surface area contributed by atoms with Crippen LogP contribution in [0.2, 0.25) is 0 Å². The van der Waals surface area contributed by atoms with E-state index in [9.17, 15) is 14.7 Å². The zero-order valence-electron chi connectivity index (χ0n) is 9.91. The van der Waals surface area contributed by atoms with Crippen molar-refractivity contribution in [2.75, 3.05) is 6.61 Å². The third kappa shape index (κ3) is 2.08. The fourth-order valence-corrected chi connectivity index (χ4v) is 3.40. The topological polar surface area (TPSA) is 66.8 Å². The fraction of sp³-hybridized carbons (Fsp3) is 0.231. The van der Waals surface area contributed by atoms with Crippen molar-refractivity contribution >= 4 is 23.6 Å². The Morgan fingerprint density at radius 1 is 1.42 bits per heavy atom. The molecular weight excluding hydrogens is 266 g/mol. The number of hydrogen-bond donors (Lipinski definition) is 1. The van der Waals surface area contributed by atoms with Crippen molar-refractivity contribution in [3.63, 3.8) is 0 Å². The summed E-state index contributed by atoms with van der Waals surface area (Å²) in [6.07, 6.45) is 0.399. The minimum atomic E-state index is -1.07. The van der Waals surface area contributed by atoms with Crippen molar-refractivity contribution in [3.05, 3.63) is 40.9 Å². The summed E-state index contributed by atoms with van der Waals surface area (Å²) in [5.41, 5.74) is 0.0715. The van der Waals surface area contributed by atoms with Crippen molar-refractivity contribution in [2.24, 2.45) is 0 Å². The molecular formula is C13H11NO4S. The Morgan fingerprint density at radius 3 is 2.79 bits per heavy atom. The molecule has 1 atom stereocenters. The van der Waals surface area contributed by atoms with Gasteiger partial charge in [0.15, 0.2) is 0 Å². The van der Waals surface area contributed by atoms with Gasteiger partial charge in [0.25, 0.3) is 0 Å². The van der Waals surface area contributed by atoms with Gasteiger partial charge in [0, 0.05) is 0 Å². The number of carbonyl (C=O) groups excluding carboxylic acids is 1. The van der Waals surface area contributed by atoms with Gasteiger partial charge in [-0.25, -0.2) is 4.79 Å². The van der Waals surface area contributed by atoms with E-state index in [0.717, 1.165) is 0 Å². The molecule has 0 bridgehead atoms. The molecule has 3 rings (SSSR count). The molecule has 1 saturated heterocycles. The number of rotatable bonds is 4. The largest absolute Gasteiger partial charge is 0.488 e. The van der Waals surface area contributed by atoms with E-state index in [1.165, 1.54) is 16.7 Å². The number of carbonyl (C=O) groups is 2. The lowest BCUT2D eigenvalue weighted by atomic mass is 10.1. The predicted octanol–water partition coefficient (Wildman–Crippen LogP) is 1.67. The fourth-order valence-electron chi connectivity index (χ4n) is 2.09. The Bertz CT molecular complexity index is 569. The van der Waals surface area contributed by atoms with Crippen molar-refractivity contribution in [1.29, 1.82) is 0 Å². The number of carboxylic acid groups (broad SMARTS) is 1. The number of ether oxygens (including phenoxy) is 1. The molecule has 0 saturated carbocycles. The smallest absolute Gasteiger partial charge is 0.353 e. The second-order valence-corrected chi connectivity index (χ2v) is 5.49. The first kappa shape index (κ1) is 12.1. The summed E-state index contributed by atoms with van der Waals surface area (Å²) in [5, 5.41) is 9.14. The number of amides is 1. The molecule has 1 aromatic rings. The minimum Gasteiger partial charge on any atom is -0.488 e. The Kier molecular flexibility index (Phi) is 2.94. The zero-order chi connectivity index (χ0) is 13.4. The van der Waals surface area contributed by atoms with Crippen LogP contribution in [-0.2, 0) is 9.59 Å². The highest BCUT2D eigenvalue weighted by Gasteiger charge is 2.48. The third-order valence-corrected chi connectivity index (χ3v) is 4.25. The van der Waals surface area contributed by atoms with Gasteiger partial charge in [-0.2, -0.15) is 0 Å². The number of hydrogen-bond acceptors (Lipinski definition) is 4. The standard InChI is InChI=1S/C13H11NO4S/c15-10-6-11-14(10)12(13(16)17)9(19-11)7-18-8-4-2-1-3-5-8/h1-5,11H,6-7H2,(H,16,17)/t11-/m1/s1. The first-order chi connectivity index (χ1) is 9.16. The second-order valence-electron chi connectivity index (χ2n) is 4.22. The maximum absolute atomic E-state index is 11.4. The molecule has 98 valence electrons. The molecule has 2 aliphatic heterocycles. The van der Waals surface area contributed by atoms with E-state index in [-0.39, 0.29) is 23.6 Å². The van der Waals surface area contributed by atoms with E-state index in [2.05, 4.69) is 0 Å². The number of aliphatic carboxylic acids is 1. The van der Waals surface area contributed by atoms with Gasteiger partial charge in [0.1, 0.15) is 18.1 Å². The molecule has 0 spiro atoms. The highest BCUT2D eigenvalue weighted by Crippen LogP contribution is 2.46. The van der Waals surface area contributed by atoms with Crippen LogP contribution in [0.3, 0.4) is 0 Å². The van der Waals surface area contributed by atoms with Crippen molar-refractivity contribution in [3.8, 4) is 5.75 Å².